The van der Waals surface area contributed by atoms with Crippen molar-refractivity contribution in [1.29, 1.82) is 0 Å². The van der Waals surface area contributed by atoms with Crippen molar-refractivity contribution in [2.45, 2.75) is 26.2 Å². The molecule has 158 valence electrons. The second-order valence-electron chi connectivity index (χ2n) is 7.33. The molecule has 0 saturated heterocycles. The minimum Gasteiger partial charge on any atom is -0.493 e. The summed E-state index contributed by atoms with van der Waals surface area (Å²) in [7, 11) is 3.20. The van der Waals surface area contributed by atoms with Gasteiger partial charge in [0.15, 0.2) is 11.5 Å². The van der Waals surface area contributed by atoms with Gasteiger partial charge in [-0.15, -0.1) is 0 Å². The zero-order valence-corrected chi connectivity index (χ0v) is 17.5. The number of ether oxygens (including phenoxy) is 2. The summed E-state index contributed by atoms with van der Waals surface area (Å²) in [6.07, 6.45) is 1.59. The molecule has 0 aliphatic heterocycles. The molecule has 0 radical (unpaired) electrons. The van der Waals surface area contributed by atoms with Gasteiger partial charge in [-0.25, -0.2) is 4.98 Å². The molecule has 1 heterocycles. The van der Waals surface area contributed by atoms with Crippen LogP contribution in [0.4, 0.5) is 0 Å². The molecular weight excluding hydrogens is 382 g/mol. The van der Waals surface area contributed by atoms with Gasteiger partial charge in [0.2, 0.25) is 5.91 Å². The van der Waals surface area contributed by atoms with Crippen LogP contribution in [0, 0.1) is 5.92 Å². The molecule has 30 heavy (non-hydrogen) atoms. The number of hydrogen-bond donors (Lipinski definition) is 2. The summed E-state index contributed by atoms with van der Waals surface area (Å²) >= 11 is 0. The Morgan fingerprint density at radius 2 is 1.90 bits per heavy atom. The molecule has 0 fully saturated rings. The van der Waals surface area contributed by atoms with E-state index in [0.717, 1.165) is 5.56 Å². The number of H-pyrrole nitrogens is 1. The molecule has 7 heteroatoms. The van der Waals surface area contributed by atoms with Gasteiger partial charge in [-0.05, 0) is 42.2 Å². The maximum atomic E-state index is 12.3. The molecule has 0 aliphatic carbocycles. The summed E-state index contributed by atoms with van der Waals surface area (Å²) in [6.45, 7) is 2.51. The van der Waals surface area contributed by atoms with Gasteiger partial charge in [-0.1, -0.05) is 25.1 Å². The van der Waals surface area contributed by atoms with Crippen molar-refractivity contribution < 1.29 is 14.3 Å². The van der Waals surface area contributed by atoms with Crippen LogP contribution < -0.4 is 20.3 Å². The Labute approximate surface area is 175 Å². The van der Waals surface area contributed by atoms with Gasteiger partial charge in [-0.2, -0.15) is 0 Å². The standard InChI is InChI=1S/C23H27N3O4/c1-15(12-21-25-18-7-5-4-6-17(18)23(28)26-21)13-22(27)24-11-10-16-8-9-19(29-2)20(14-16)30-3/h4-9,14-15H,10-13H2,1-3H3,(H,24,27)(H,25,26,28)/t15-/m0/s1. The topological polar surface area (TPSA) is 93.3 Å². The molecule has 0 unspecified atom stereocenters. The molecule has 0 aliphatic rings. The zero-order chi connectivity index (χ0) is 21.5. The number of nitrogens with zero attached hydrogens (tertiary/aromatic N) is 1. The Kier molecular flexibility index (Phi) is 7.06. The van der Waals surface area contributed by atoms with Gasteiger partial charge in [-0.3, -0.25) is 9.59 Å². The van der Waals surface area contributed by atoms with Gasteiger partial charge in [0.25, 0.3) is 5.56 Å². The average Bonchev–Trinajstić information content (AvgIpc) is 2.73. The third-order valence-corrected chi connectivity index (χ3v) is 4.92. The monoisotopic (exact) mass is 409 g/mol. The van der Waals surface area contributed by atoms with Crippen LogP contribution in [0.3, 0.4) is 0 Å². The molecule has 1 amide bonds. The van der Waals surface area contributed by atoms with Crippen molar-refractivity contribution in [1.82, 2.24) is 15.3 Å². The fourth-order valence-corrected chi connectivity index (χ4v) is 3.40. The van der Waals surface area contributed by atoms with E-state index in [2.05, 4.69) is 15.3 Å². The van der Waals surface area contributed by atoms with E-state index < -0.39 is 0 Å². The van der Waals surface area contributed by atoms with E-state index in [1.807, 2.05) is 43.3 Å². The normalized spacial score (nSPS) is 11.8. The van der Waals surface area contributed by atoms with Crippen LogP contribution in [-0.2, 0) is 17.6 Å². The number of para-hydroxylation sites is 1. The summed E-state index contributed by atoms with van der Waals surface area (Å²) in [5.74, 6) is 1.98. The van der Waals surface area contributed by atoms with Crippen LogP contribution in [0.1, 0.15) is 24.7 Å². The van der Waals surface area contributed by atoms with Crippen molar-refractivity contribution in [2.75, 3.05) is 20.8 Å². The number of carbonyl (C=O) groups excluding carboxylic acids is 1. The Balaban J connectivity index is 1.50. The molecule has 0 spiro atoms. The SMILES string of the molecule is COc1ccc(CCNC(=O)C[C@@H](C)Cc2nc3ccccc3c(=O)[nH]2)cc1OC. The Morgan fingerprint density at radius 1 is 1.13 bits per heavy atom. The first-order valence-electron chi connectivity index (χ1n) is 9.95. The second kappa shape index (κ2) is 9.91. The Hall–Kier alpha value is -3.35. The molecular formula is C23H27N3O4. The first kappa shape index (κ1) is 21.4. The molecule has 1 aromatic heterocycles. The maximum absolute atomic E-state index is 12.3. The lowest BCUT2D eigenvalue weighted by Gasteiger charge is -2.12. The smallest absolute Gasteiger partial charge is 0.258 e. The van der Waals surface area contributed by atoms with Crippen molar-refractivity contribution in [3.63, 3.8) is 0 Å². The molecule has 3 aromatic rings. The van der Waals surface area contributed by atoms with Crippen molar-refractivity contribution in [3.05, 3.63) is 64.2 Å². The third-order valence-electron chi connectivity index (χ3n) is 4.92. The highest BCUT2D eigenvalue weighted by atomic mass is 16.5. The lowest BCUT2D eigenvalue weighted by molar-refractivity contribution is -0.121. The lowest BCUT2D eigenvalue weighted by Crippen LogP contribution is -2.27. The molecule has 7 nitrogen and oxygen atoms in total. The average molecular weight is 409 g/mol. The number of hydrogen-bond acceptors (Lipinski definition) is 5. The highest BCUT2D eigenvalue weighted by molar-refractivity contribution is 5.77. The molecule has 0 saturated carbocycles. The Morgan fingerprint density at radius 3 is 2.67 bits per heavy atom. The molecule has 2 aromatic carbocycles. The highest BCUT2D eigenvalue weighted by Crippen LogP contribution is 2.27. The summed E-state index contributed by atoms with van der Waals surface area (Å²) in [5, 5.41) is 3.52. The van der Waals surface area contributed by atoms with Crippen LogP contribution in [0.25, 0.3) is 10.9 Å². The summed E-state index contributed by atoms with van der Waals surface area (Å²) in [6, 6.07) is 13.0. The number of nitrogens with one attached hydrogen (secondary N) is 2. The fourth-order valence-electron chi connectivity index (χ4n) is 3.40. The number of rotatable bonds is 9. The van der Waals surface area contributed by atoms with Gasteiger partial charge in [0.1, 0.15) is 5.82 Å². The third kappa shape index (κ3) is 5.37. The van der Waals surface area contributed by atoms with E-state index in [9.17, 15) is 9.59 Å². The maximum Gasteiger partial charge on any atom is 0.258 e. The number of aromatic amines is 1. The van der Waals surface area contributed by atoms with Crippen LogP contribution in [0.15, 0.2) is 47.3 Å². The zero-order valence-electron chi connectivity index (χ0n) is 17.5. The molecule has 2 N–H and O–H groups in total. The van der Waals surface area contributed by atoms with Crippen molar-refractivity contribution >= 4 is 16.8 Å². The first-order chi connectivity index (χ1) is 14.5. The quantitative estimate of drug-likeness (QED) is 0.567. The number of benzene rings is 2. The minimum atomic E-state index is -0.151. The predicted octanol–water partition coefficient (Wildman–Crippen LogP) is 2.87. The summed E-state index contributed by atoms with van der Waals surface area (Å²) in [5.41, 5.74) is 1.57. The molecule has 0 bridgehead atoms. The van der Waals surface area contributed by atoms with Gasteiger partial charge < -0.3 is 19.8 Å². The predicted molar refractivity (Wildman–Crippen MR) is 116 cm³/mol. The van der Waals surface area contributed by atoms with E-state index in [4.69, 9.17) is 9.47 Å². The van der Waals surface area contributed by atoms with E-state index in [1.54, 1.807) is 20.3 Å². The van der Waals surface area contributed by atoms with Crippen molar-refractivity contribution in [3.8, 4) is 11.5 Å². The van der Waals surface area contributed by atoms with Crippen LogP contribution >= 0.6 is 0 Å². The number of aromatic nitrogens is 2. The number of carbonyl (C=O) groups is 1. The molecule has 3 rings (SSSR count). The number of fused-ring (bicyclic) bond motifs is 1. The van der Waals surface area contributed by atoms with Crippen LogP contribution in [-0.4, -0.2) is 36.6 Å². The molecule has 1 atom stereocenters. The lowest BCUT2D eigenvalue weighted by atomic mass is 10.0. The second-order valence-corrected chi connectivity index (χ2v) is 7.33. The van der Waals surface area contributed by atoms with E-state index in [-0.39, 0.29) is 17.4 Å². The van der Waals surface area contributed by atoms with E-state index in [1.165, 1.54) is 0 Å². The van der Waals surface area contributed by atoms with Crippen molar-refractivity contribution in [2.24, 2.45) is 5.92 Å². The van der Waals surface area contributed by atoms with E-state index >= 15 is 0 Å². The van der Waals surface area contributed by atoms with Gasteiger partial charge in [0, 0.05) is 19.4 Å². The largest absolute Gasteiger partial charge is 0.493 e. The number of methoxy groups -OCH3 is 2. The summed E-state index contributed by atoms with van der Waals surface area (Å²) in [4.78, 5) is 31.8. The Bertz CT molecular complexity index is 1080. The fraction of sp³-hybridized carbons (Fsp3) is 0.348. The van der Waals surface area contributed by atoms with Gasteiger partial charge >= 0.3 is 0 Å². The summed E-state index contributed by atoms with van der Waals surface area (Å²) < 4.78 is 10.5. The van der Waals surface area contributed by atoms with E-state index in [0.29, 0.717) is 54.0 Å². The van der Waals surface area contributed by atoms with Crippen LogP contribution in [0.5, 0.6) is 11.5 Å². The first-order valence-corrected chi connectivity index (χ1v) is 9.95. The van der Waals surface area contributed by atoms with Crippen LogP contribution in [0.2, 0.25) is 0 Å². The number of amides is 1. The van der Waals surface area contributed by atoms with Gasteiger partial charge in [0.05, 0.1) is 25.1 Å². The highest BCUT2D eigenvalue weighted by Gasteiger charge is 2.12. The minimum absolute atomic E-state index is 0.0221.